The number of carboxylic acid groups (broad SMARTS) is 2. The minimum atomic E-state index is -1.11. The van der Waals surface area contributed by atoms with E-state index in [-0.39, 0.29) is 17.1 Å². The van der Waals surface area contributed by atoms with Crippen LogP contribution in [-0.4, -0.2) is 22.2 Å². The van der Waals surface area contributed by atoms with Gasteiger partial charge in [-0.25, -0.2) is 9.59 Å². The molecular weight excluding hydrogens is 268 g/mol. The van der Waals surface area contributed by atoms with Gasteiger partial charge in [-0.1, -0.05) is 65.7 Å². The van der Waals surface area contributed by atoms with E-state index in [0.29, 0.717) is 6.42 Å². The third-order valence-corrected chi connectivity index (χ3v) is 3.67. The molecule has 0 rings (SSSR count). The molecule has 122 valence electrons. The Morgan fingerprint density at radius 2 is 1.29 bits per heavy atom. The minimum absolute atomic E-state index is 0.0467. The maximum atomic E-state index is 11.3. The summed E-state index contributed by atoms with van der Waals surface area (Å²) in [5.41, 5.74) is 0.119. The van der Waals surface area contributed by atoms with Gasteiger partial charge in [0.2, 0.25) is 0 Å². The molecule has 0 radical (unpaired) electrons. The van der Waals surface area contributed by atoms with E-state index in [4.69, 9.17) is 5.11 Å². The van der Waals surface area contributed by atoms with Crippen LogP contribution in [0.5, 0.6) is 0 Å². The Morgan fingerprint density at radius 1 is 0.810 bits per heavy atom. The summed E-state index contributed by atoms with van der Waals surface area (Å²) in [6, 6.07) is 0. The van der Waals surface area contributed by atoms with Gasteiger partial charge in [0.25, 0.3) is 0 Å². The highest BCUT2D eigenvalue weighted by Gasteiger charge is 2.22. The highest BCUT2D eigenvalue weighted by Crippen LogP contribution is 2.21. The van der Waals surface area contributed by atoms with E-state index in [1.54, 1.807) is 13.8 Å². The summed E-state index contributed by atoms with van der Waals surface area (Å²) in [5, 5.41) is 18.4. The zero-order valence-electron chi connectivity index (χ0n) is 13.7. The van der Waals surface area contributed by atoms with Crippen molar-refractivity contribution in [3.8, 4) is 0 Å². The lowest BCUT2D eigenvalue weighted by atomic mass is 9.93. The van der Waals surface area contributed by atoms with Crippen molar-refractivity contribution in [2.45, 2.75) is 78.6 Å². The number of carboxylic acids is 2. The molecule has 0 saturated carbocycles. The van der Waals surface area contributed by atoms with Crippen molar-refractivity contribution in [2.75, 3.05) is 0 Å². The second kappa shape index (κ2) is 11.4. The molecule has 2 N–H and O–H groups in total. The number of carbonyl (C=O) groups is 2. The van der Waals surface area contributed by atoms with Crippen LogP contribution in [0.4, 0.5) is 0 Å². The molecule has 0 atom stereocenters. The molecule has 0 fully saturated rings. The van der Waals surface area contributed by atoms with Crippen LogP contribution in [0, 0.1) is 5.92 Å². The molecule has 0 spiro atoms. The molecule has 0 aliphatic heterocycles. The summed E-state index contributed by atoms with van der Waals surface area (Å²) in [6.07, 6.45) is 9.37. The largest absolute Gasteiger partial charge is 0.478 e. The van der Waals surface area contributed by atoms with Crippen molar-refractivity contribution >= 4 is 11.9 Å². The average molecular weight is 298 g/mol. The first-order chi connectivity index (χ1) is 9.91. The van der Waals surface area contributed by atoms with Crippen LogP contribution in [0.1, 0.15) is 78.6 Å². The van der Waals surface area contributed by atoms with Crippen LogP contribution in [0.2, 0.25) is 0 Å². The van der Waals surface area contributed by atoms with Crippen molar-refractivity contribution in [3.63, 3.8) is 0 Å². The summed E-state index contributed by atoms with van der Waals surface area (Å²) in [5.74, 6) is -2.48. The summed E-state index contributed by atoms with van der Waals surface area (Å²) >= 11 is 0. The summed E-state index contributed by atoms with van der Waals surface area (Å²) in [4.78, 5) is 22.5. The van der Waals surface area contributed by atoms with E-state index in [0.717, 1.165) is 19.3 Å². The first-order valence-electron chi connectivity index (χ1n) is 8.11. The summed E-state index contributed by atoms with van der Waals surface area (Å²) in [7, 11) is 0. The Kier molecular flexibility index (Phi) is 10.6. The van der Waals surface area contributed by atoms with E-state index < -0.39 is 11.9 Å². The Balaban J connectivity index is 4.26. The van der Waals surface area contributed by atoms with Crippen molar-refractivity contribution in [2.24, 2.45) is 5.92 Å². The predicted octanol–water partition coefficient (Wildman–Crippen LogP) is 4.64. The molecule has 0 aliphatic carbocycles. The molecule has 0 unspecified atom stereocenters. The maximum Gasteiger partial charge on any atom is 0.332 e. The van der Waals surface area contributed by atoms with Crippen LogP contribution < -0.4 is 0 Å². The molecular formula is C17H30O4. The third-order valence-electron chi connectivity index (χ3n) is 3.67. The number of rotatable bonds is 12. The Hall–Kier alpha value is -1.32. The SMILES string of the molecule is CCCCCCCCCCC(C(=O)O)=C(C(=O)O)C(C)C. The van der Waals surface area contributed by atoms with Gasteiger partial charge in [0.1, 0.15) is 0 Å². The number of unbranched alkanes of at least 4 members (excludes halogenated alkanes) is 7. The molecule has 0 aromatic heterocycles. The molecule has 0 bridgehead atoms. The fourth-order valence-electron chi connectivity index (χ4n) is 2.52. The molecule has 0 amide bonds. The Labute approximate surface area is 128 Å². The molecule has 4 heteroatoms. The van der Waals surface area contributed by atoms with E-state index in [2.05, 4.69) is 6.92 Å². The van der Waals surface area contributed by atoms with Crippen LogP contribution in [0.25, 0.3) is 0 Å². The zero-order chi connectivity index (χ0) is 16.3. The van der Waals surface area contributed by atoms with Gasteiger partial charge in [-0.2, -0.15) is 0 Å². The van der Waals surface area contributed by atoms with Gasteiger partial charge in [0.15, 0.2) is 0 Å². The monoisotopic (exact) mass is 298 g/mol. The van der Waals surface area contributed by atoms with Gasteiger partial charge in [-0.3, -0.25) is 0 Å². The van der Waals surface area contributed by atoms with Gasteiger partial charge in [0, 0.05) is 11.1 Å². The standard InChI is InChI=1S/C17H30O4/c1-4-5-6-7-8-9-10-11-12-14(16(18)19)15(13(2)3)17(20)21/h13H,4-12H2,1-3H3,(H,18,19)(H,20,21). The predicted molar refractivity (Wildman–Crippen MR) is 84.4 cm³/mol. The average Bonchev–Trinajstić information content (AvgIpc) is 2.39. The fraction of sp³-hybridized carbons (Fsp3) is 0.765. The lowest BCUT2D eigenvalue weighted by Gasteiger charge is -2.12. The van der Waals surface area contributed by atoms with Gasteiger partial charge < -0.3 is 10.2 Å². The van der Waals surface area contributed by atoms with Gasteiger partial charge in [0.05, 0.1) is 0 Å². The minimum Gasteiger partial charge on any atom is -0.478 e. The summed E-state index contributed by atoms with van der Waals surface area (Å²) in [6.45, 7) is 5.63. The smallest absolute Gasteiger partial charge is 0.332 e. The van der Waals surface area contributed by atoms with Crippen LogP contribution >= 0.6 is 0 Å². The topological polar surface area (TPSA) is 74.6 Å². The van der Waals surface area contributed by atoms with Crippen LogP contribution in [-0.2, 0) is 9.59 Å². The summed E-state index contributed by atoms with van der Waals surface area (Å²) < 4.78 is 0. The first-order valence-corrected chi connectivity index (χ1v) is 8.11. The van der Waals surface area contributed by atoms with Gasteiger partial charge in [-0.05, 0) is 18.8 Å². The lowest BCUT2D eigenvalue weighted by Crippen LogP contribution is -2.15. The Bertz CT molecular complexity index is 356. The van der Waals surface area contributed by atoms with Gasteiger partial charge in [-0.15, -0.1) is 0 Å². The van der Waals surface area contributed by atoms with E-state index >= 15 is 0 Å². The van der Waals surface area contributed by atoms with Crippen molar-refractivity contribution in [1.29, 1.82) is 0 Å². The van der Waals surface area contributed by atoms with E-state index in [1.807, 2.05) is 0 Å². The molecule has 0 aromatic carbocycles. The highest BCUT2D eigenvalue weighted by atomic mass is 16.4. The highest BCUT2D eigenvalue weighted by molar-refractivity contribution is 5.99. The molecule has 4 nitrogen and oxygen atoms in total. The third kappa shape index (κ3) is 8.53. The number of hydrogen-bond acceptors (Lipinski definition) is 2. The molecule has 0 aliphatic rings. The lowest BCUT2D eigenvalue weighted by molar-refractivity contribution is -0.136. The first kappa shape index (κ1) is 19.7. The molecule has 21 heavy (non-hydrogen) atoms. The van der Waals surface area contributed by atoms with Gasteiger partial charge >= 0.3 is 11.9 Å². The van der Waals surface area contributed by atoms with Crippen LogP contribution in [0.3, 0.4) is 0 Å². The van der Waals surface area contributed by atoms with Crippen molar-refractivity contribution < 1.29 is 19.8 Å². The van der Waals surface area contributed by atoms with Crippen molar-refractivity contribution in [3.05, 3.63) is 11.1 Å². The molecule has 0 saturated heterocycles. The second-order valence-electron chi connectivity index (χ2n) is 5.88. The molecule has 0 heterocycles. The van der Waals surface area contributed by atoms with Crippen molar-refractivity contribution in [1.82, 2.24) is 0 Å². The Morgan fingerprint density at radius 3 is 1.67 bits per heavy atom. The van der Waals surface area contributed by atoms with Crippen LogP contribution in [0.15, 0.2) is 11.1 Å². The number of aliphatic carboxylic acids is 2. The fourth-order valence-corrected chi connectivity index (χ4v) is 2.52. The normalized spacial score (nSPS) is 12.4. The second-order valence-corrected chi connectivity index (χ2v) is 5.88. The van der Waals surface area contributed by atoms with E-state index in [1.165, 1.54) is 32.1 Å². The number of hydrogen-bond donors (Lipinski definition) is 2. The maximum absolute atomic E-state index is 11.3. The zero-order valence-corrected chi connectivity index (χ0v) is 13.7. The van der Waals surface area contributed by atoms with E-state index in [9.17, 15) is 14.7 Å². The molecule has 0 aromatic rings. The quantitative estimate of drug-likeness (QED) is 0.406.